The van der Waals surface area contributed by atoms with Gasteiger partial charge in [-0.3, -0.25) is 0 Å². The van der Waals surface area contributed by atoms with E-state index in [1.165, 1.54) is 13.2 Å². The Morgan fingerprint density at radius 1 is 1.37 bits per heavy atom. The van der Waals surface area contributed by atoms with Gasteiger partial charge in [0, 0.05) is 19.4 Å². The Kier molecular flexibility index (Phi) is 3.38. The van der Waals surface area contributed by atoms with Gasteiger partial charge in [0.1, 0.15) is 12.4 Å². The first-order valence-corrected chi connectivity index (χ1v) is 5.15. The van der Waals surface area contributed by atoms with Gasteiger partial charge in [-0.2, -0.15) is 18.3 Å². The van der Waals surface area contributed by atoms with E-state index >= 15 is 0 Å². The number of rotatable bonds is 3. The second-order valence-corrected chi connectivity index (χ2v) is 3.67. The molecule has 0 aromatic carbocycles. The minimum atomic E-state index is -4.45. The Balaban J connectivity index is 2.38. The molecule has 2 aromatic heterocycles. The van der Waals surface area contributed by atoms with Gasteiger partial charge >= 0.3 is 6.18 Å². The second-order valence-electron chi connectivity index (χ2n) is 3.67. The van der Waals surface area contributed by atoms with E-state index in [9.17, 15) is 13.2 Å². The Morgan fingerprint density at radius 3 is 2.68 bits per heavy atom. The van der Waals surface area contributed by atoms with E-state index in [-0.39, 0.29) is 24.1 Å². The van der Waals surface area contributed by atoms with Gasteiger partial charge in [0.2, 0.25) is 0 Å². The Morgan fingerprint density at radius 2 is 2.11 bits per heavy atom. The van der Waals surface area contributed by atoms with Crippen molar-refractivity contribution in [2.24, 2.45) is 0 Å². The Hall–Kier alpha value is -2.16. The molecule has 0 fully saturated rings. The van der Waals surface area contributed by atoms with E-state index in [2.05, 4.69) is 15.1 Å². The third-order valence-corrected chi connectivity index (χ3v) is 2.20. The zero-order valence-corrected chi connectivity index (χ0v) is 9.85. The summed E-state index contributed by atoms with van der Waals surface area (Å²) in [5.41, 5.74) is 4.69. The zero-order chi connectivity index (χ0) is 14.0. The molecule has 0 aliphatic rings. The normalized spacial score (nSPS) is 11.8. The molecule has 0 saturated heterocycles. The molecule has 2 heterocycles. The van der Waals surface area contributed by atoms with Crippen molar-refractivity contribution in [2.45, 2.75) is 12.8 Å². The average Bonchev–Trinajstić information content (AvgIpc) is 2.77. The molecule has 0 aliphatic heterocycles. The van der Waals surface area contributed by atoms with Crippen LogP contribution in [0.15, 0.2) is 18.5 Å². The molecule has 0 atom stereocenters. The highest BCUT2D eigenvalue weighted by atomic mass is 19.4. The first-order valence-electron chi connectivity index (χ1n) is 5.15. The van der Waals surface area contributed by atoms with Crippen LogP contribution in [0.25, 0.3) is 5.82 Å². The first kappa shape index (κ1) is 13.3. The molecule has 2 aromatic rings. The van der Waals surface area contributed by atoms with Crippen molar-refractivity contribution < 1.29 is 17.9 Å². The summed E-state index contributed by atoms with van der Waals surface area (Å²) in [6.07, 6.45) is -2.90. The number of nitrogens with zero attached hydrogens (tertiary/aromatic N) is 4. The van der Waals surface area contributed by atoms with Crippen molar-refractivity contribution in [3.8, 4) is 5.82 Å². The minimum Gasteiger partial charge on any atom is -0.384 e. The lowest BCUT2D eigenvalue weighted by atomic mass is 10.3. The molecule has 0 spiro atoms. The lowest BCUT2D eigenvalue weighted by Crippen LogP contribution is -2.07. The third-order valence-electron chi connectivity index (χ3n) is 2.20. The highest BCUT2D eigenvalue weighted by molar-refractivity contribution is 5.37. The maximum atomic E-state index is 12.5. The summed E-state index contributed by atoms with van der Waals surface area (Å²) in [7, 11) is 1.45. The fraction of sp³-hybridized carbons (Fsp3) is 0.300. The molecule has 102 valence electrons. The average molecular weight is 273 g/mol. The Bertz CT molecular complexity index is 581. The minimum absolute atomic E-state index is 0.103. The topological polar surface area (TPSA) is 78.9 Å². The smallest absolute Gasteiger partial charge is 0.384 e. The number of anilines is 1. The van der Waals surface area contributed by atoms with Crippen LogP contribution < -0.4 is 5.73 Å². The molecule has 0 bridgehead atoms. The molecule has 0 saturated carbocycles. The van der Waals surface area contributed by atoms with E-state index in [0.29, 0.717) is 6.20 Å². The molecule has 6 nitrogen and oxygen atoms in total. The third kappa shape index (κ3) is 2.99. The van der Waals surface area contributed by atoms with Crippen molar-refractivity contribution in [3.63, 3.8) is 0 Å². The molecule has 2 rings (SSSR count). The van der Waals surface area contributed by atoms with Crippen LogP contribution >= 0.6 is 0 Å². The monoisotopic (exact) mass is 273 g/mol. The largest absolute Gasteiger partial charge is 0.419 e. The number of alkyl halides is 3. The van der Waals surface area contributed by atoms with Crippen molar-refractivity contribution in [3.05, 3.63) is 29.8 Å². The standard InChI is InChI=1S/C10H10F3N5O/c1-19-5-8-16-7(14)2-9(17-8)18-4-6(3-15-18)10(11,12)13/h2-4H,5H2,1H3,(H2,14,16,17). The maximum Gasteiger partial charge on any atom is 0.419 e. The van der Waals surface area contributed by atoms with Gasteiger partial charge in [-0.05, 0) is 0 Å². The van der Waals surface area contributed by atoms with Crippen LogP contribution in [0.1, 0.15) is 11.4 Å². The molecule has 0 unspecified atom stereocenters. The zero-order valence-electron chi connectivity index (χ0n) is 9.85. The van der Waals surface area contributed by atoms with Crippen molar-refractivity contribution in [1.82, 2.24) is 19.7 Å². The quantitative estimate of drug-likeness (QED) is 0.914. The summed E-state index contributed by atoms with van der Waals surface area (Å²) in [4.78, 5) is 7.89. The van der Waals surface area contributed by atoms with Crippen LogP contribution in [-0.4, -0.2) is 26.9 Å². The summed E-state index contributed by atoms with van der Waals surface area (Å²) in [6, 6.07) is 1.33. The van der Waals surface area contributed by atoms with Crippen LogP contribution in [0.2, 0.25) is 0 Å². The van der Waals surface area contributed by atoms with Crippen LogP contribution in [0.3, 0.4) is 0 Å². The molecule has 0 aliphatic carbocycles. The summed E-state index contributed by atoms with van der Waals surface area (Å²) < 4.78 is 43.2. The molecular formula is C10H10F3N5O. The SMILES string of the molecule is COCc1nc(N)cc(-n2cc(C(F)(F)F)cn2)n1. The summed E-state index contributed by atoms with van der Waals surface area (Å²) in [6.45, 7) is 0.103. The van der Waals surface area contributed by atoms with Gasteiger partial charge in [-0.15, -0.1) is 0 Å². The number of aromatic nitrogens is 4. The number of nitrogen functional groups attached to an aromatic ring is 1. The van der Waals surface area contributed by atoms with Gasteiger partial charge in [-0.1, -0.05) is 0 Å². The molecule has 9 heteroatoms. The van der Waals surface area contributed by atoms with E-state index in [0.717, 1.165) is 10.9 Å². The van der Waals surface area contributed by atoms with Crippen LogP contribution in [0.4, 0.5) is 19.0 Å². The number of hydrogen-bond acceptors (Lipinski definition) is 5. The number of methoxy groups -OCH3 is 1. The highest BCUT2D eigenvalue weighted by Crippen LogP contribution is 2.29. The second kappa shape index (κ2) is 4.84. The summed E-state index contributed by atoms with van der Waals surface area (Å²) in [5, 5.41) is 3.61. The molecule has 2 N–H and O–H groups in total. The molecule has 0 radical (unpaired) electrons. The van der Waals surface area contributed by atoms with Crippen molar-refractivity contribution >= 4 is 5.82 Å². The lowest BCUT2D eigenvalue weighted by Gasteiger charge is -2.05. The summed E-state index contributed by atoms with van der Waals surface area (Å²) >= 11 is 0. The van der Waals surface area contributed by atoms with Gasteiger partial charge in [0.15, 0.2) is 11.6 Å². The van der Waals surface area contributed by atoms with E-state index in [1.54, 1.807) is 0 Å². The van der Waals surface area contributed by atoms with Crippen LogP contribution in [0.5, 0.6) is 0 Å². The van der Waals surface area contributed by atoms with E-state index in [1.807, 2.05) is 0 Å². The van der Waals surface area contributed by atoms with E-state index in [4.69, 9.17) is 10.5 Å². The van der Waals surface area contributed by atoms with Gasteiger partial charge in [0.05, 0.1) is 11.8 Å². The van der Waals surface area contributed by atoms with Gasteiger partial charge < -0.3 is 10.5 Å². The van der Waals surface area contributed by atoms with Crippen LogP contribution in [0, 0.1) is 0 Å². The van der Waals surface area contributed by atoms with Crippen molar-refractivity contribution in [2.75, 3.05) is 12.8 Å². The molecule has 0 amide bonds. The molecule has 19 heavy (non-hydrogen) atoms. The van der Waals surface area contributed by atoms with Crippen LogP contribution in [-0.2, 0) is 17.5 Å². The van der Waals surface area contributed by atoms with Crippen molar-refractivity contribution in [1.29, 1.82) is 0 Å². The van der Waals surface area contributed by atoms with E-state index < -0.39 is 11.7 Å². The lowest BCUT2D eigenvalue weighted by molar-refractivity contribution is -0.137. The highest BCUT2D eigenvalue weighted by Gasteiger charge is 2.32. The fourth-order valence-electron chi connectivity index (χ4n) is 1.41. The van der Waals surface area contributed by atoms with Gasteiger partial charge in [-0.25, -0.2) is 14.6 Å². The van der Waals surface area contributed by atoms with Gasteiger partial charge in [0.25, 0.3) is 0 Å². The molecular weight excluding hydrogens is 263 g/mol. The number of nitrogens with two attached hydrogens (primary N) is 1. The fourth-order valence-corrected chi connectivity index (χ4v) is 1.41. The number of ether oxygens (including phenoxy) is 1. The first-order chi connectivity index (χ1) is 8.90. The Labute approximate surface area is 106 Å². The predicted octanol–water partition coefficient (Wildman–Crippen LogP) is 1.41. The maximum absolute atomic E-state index is 12.5. The number of halogens is 3. The summed E-state index contributed by atoms with van der Waals surface area (Å²) in [5.74, 6) is 0.540. The predicted molar refractivity (Wildman–Crippen MR) is 59.3 cm³/mol. The number of hydrogen-bond donors (Lipinski definition) is 1.